The van der Waals surface area contributed by atoms with Gasteiger partial charge in [-0.2, -0.15) is 0 Å². The molecule has 1 aromatic rings. The van der Waals surface area contributed by atoms with Crippen molar-refractivity contribution in [3.63, 3.8) is 0 Å². The summed E-state index contributed by atoms with van der Waals surface area (Å²) in [6.07, 6.45) is 10.1. The van der Waals surface area contributed by atoms with Crippen molar-refractivity contribution in [2.75, 3.05) is 6.61 Å². The summed E-state index contributed by atoms with van der Waals surface area (Å²) in [5.74, 6) is 3.64. The van der Waals surface area contributed by atoms with Gasteiger partial charge in [-0.3, -0.25) is 0 Å². The number of rotatable bonds is 4. The second kappa shape index (κ2) is 5.97. The van der Waals surface area contributed by atoms with E-state index in [1.807, 2.05) is 24.3 Å². The van der Waals surface area contributed by atoms with Crippen LogP contribution in [0.5, 0.6) is 5.75 Å². The van der Waals surface area contributed by atoms with Gasteiger partial charge in [-0.15, -0.1) is 6.42 Å². The smallest absolute Gasteiger partial charge is 0.119 e. The van der Waals surface area contributed by atoms with Crippen LogP contribution in [-0.4, -0.2) is 6.61 Å². The molecule has 0 spiro atoms. The number of terminal acetylenes is 1. The van der Waals surface area contributed by atoms with Crippen molar-refractivity contribution in [2.45, 2.75) is 6.42 Å². The first-order valence-corrected chi connectivity index (χ1v) is 6.21. The van der Waals surface area contributed by atoms with Crippen LogP contribution >= 0.6 is 0 Å². The van der Waals surface area contributed by atoms with Gasteiger partial charge in [0.2, 0.25) is 0 Å². The minimum Gasteiger partial charge on any atom is -0.490 e. The quantitative estimate of drug-likeness (QED) is 0.654. The fraction of sp³-hybridized carbons (Fsp3) is 0.176. The summed E-state index contributed by atoms with van der Waals surface area (Å²) < 4.78 is 5.45. The Bertz CT molecular complexity index is 546. The molecule has 2 rings (SSSR count). The molecule has 1 heterocycles. The molecule has 1 unspecified atom stereocenters. The van der Waals surface area contributed by atoms with Crippen LogP contribution in [0.15, 0.2) is 55.3 Å². The van der Waals surface area contributed by atoms with Crippen LogP contribution in [0.4, 0.5) is 0 Å². The average molecular weight is 251 g/mol. The Labute approximate surface area is 114 Å². The summed E-state index contributed by atoms with van der Waals surface area (Å²) >= 11 is 0. The Morgan fingerprint density at radius 1 is 1.42 bits per heavy atom. The summed E-state index contributed by atoms with van der Waals surface area (Å²) in [6.45, 7) is 8.11. The predicted molar refractivity (Wildman–Crippen MR) is 79.3 cm³/mol. The highest BCUT2D eigenvalue weighted by molar-refractivity contribution is 5.67. The molecule has 2 nitrogen and oxygen atoms in total. The first-order chi connectivity index (χ1) is 9.24. The van der Waals surface area contributed by atoms with E-state index in [4.69, 9.17) is 11.2 Å². The van der Waals surface area contributed by atoms with Gasteiger partial charge in [0.05, 0.1) is 5.92 Å². The number of benzene rings is 1. The highest BCUT2D eigenvalue weighted by Gasteiger charge is 2.16. The maximum atomic E-state index is 5.45. The van der Waals surface area contributed by atoms with Crippen LogP contribution in [-0.2, 0) is 0 Å². The van der Waals surface area contributed by atoms with Gasteiger partial charge in [-0.1, -0.05) is 31.2 Å². The van der Waals surface area contributed by atoms with Crippen molar-refractivity contribution < 1.29 is 4.74 Å². The molecule has 0 fully saturated rings. The molecule has 1 aliphatic rings. The minimum atomic E-state index is 0.0824. The summed E-state index contributed by atoms with van der Waals surface area (Å²) in [7, 11) is 0. The lowest BCUT2D eigenvalue weighted by Crippen LogP contribution is -2.21. The molecular formula is C17H17NO. The van der Waals surface area contributed by atoms with Crippen molar-refractivity contribution in [2.24, 2.45) is 5.92 Å². The first kappa shape index (κ1) is 13.0. The van der Waals surface area contributed by atoms with E-state index in [-0.39, 0.29) is 5.92 Å². The second-order valence-electron chi connectivity index (χ2n) is 4.35. The molecule has 0 saturated carbocycles. The molecule has 1 aromatic carbocycles. The normalized spacial score (nSPS) is 17.9. The SMILES string of the molecule is C#CC1CC=C(c2ccc(OCC=C)cc2)NC1=C. The Kier molecular flexibility index (Phi) is 4.10. The standard InChI is InChI=1S/C17H17NO/c1-4-12-19-16-9-6-15(7-10-16)17-11-8-14(5-2)13(3)18-17/h2,4,6-7,9-11,14,18H,1,3,8,12H2. The lowest BCUT2D eigenvalue weighted by Gasteiger charge is -2.23. The van der Waals surface area contributed by atoms with Gasteiger partial charge in [-0.25, -0.2) is 0 Å². The Hall–Kier alpha value is -2.40. The van der Waals surface area contributed by atoms with Crippen molar-refractivity contribution >= 4 is 5.70 Å². The lowest BCUT2D eigenvalue weighted by atomic mass is 9.96. The van der Waals surface area contributed by atoms with Crippen molar-refractivity contribution in [1.82, 2.24) is 5.32 Å². The first-order valence-electron chi connectivity index (χ1n) is 6.21. The van der Waals surface area contributed by atoms with E-state index in [0.29, 0.717) is 6.61 Å². The maximum absolute atomic E-state index is 5.45. The zero-order chi connectivity index (χ0) is 13.7. The number of nitrogens with one attached hydrogen (secondary N) is 1. The Balaban J connectivity index is 2.11. The monoisotopic (exact) mass is 251 g/mol. The molecule has 0 amide bonds. The van der Waals surface area contributed by atoms with Crippen LogP contribution < -0.4 is 10.1 Å². The molecule has 0 aromatic heterocycles. The Morgan fingerprint density at radius 2 is 2.16 bits per heavy atom. The van der Waals surface area contributed by atoms with Gasteiger partial charge >= 0.3 is 0 Å². The van der Waals surface area contributed by atoms with E-state index in [1.54, 1.807) is 6.08 Å². The van der Waals surface area contributed by atoms with Crippen molar-refractivity contribution in [1.29, 1.82) is 0 Å². The highest BCUT2D eigenvalue weighted by atomic mass is 16.5. The third kappa shape index (κ3) is 3.08. The fourth-order valence-corrected chi connectivity index (χ4v) is 1.93. The van der Waals surface area contributed by atoms with E-state index < -0.39 is 0 Å². The van der Waals surface area contributed by atoms with Crippen LogP contribution in [0.25, 0.3) is 5.70 Å². The van der Waals surface area contributed by atoms with E-state index in [1.165, 1.54) is 0 Å². The molecule has 19 heavy (non-hydrogen) atoms. The summed E-state index contributed by atoms with van der Waals surface area (Å²) in [5, 5.41) is 3.26. The zero-order valence-electron chi connectivity index (χ0n) is 10.9. The Morgan fingerprint density at radius 3 is 2.74 bits per heavy atom. The van der Waals surface area contributed by atoms with Gasteiger partial charge in [-0.05, 0) is 36.2 Å². The molecule has 0 radical (unpaired) electrons. The topological polar surface area (TPSA) is 21.3 Å². The highest BCUT2D eigenvalue weighted by Crippen LogP contribution is 2.25. The minimum absolute atomic E-state index is 0.0824. The van der Waals surface area contributed by atoms with Gasteiger partial charge < -0.3 is 10.1 Å². The molecular weight excluding hydrogens is 234 g/mol. The van der Waals surface area contributed by atoms with E-state index in [2.05, 4.69) is 30.5 Å². The van der Waals surface area contributed by atoms with E-state index in [9.17, 15) is 0 Å². The molecule has 0 saturated heterocycles. The molecule has 0 aliphatic carbocycles. The molecule has 2 heteroatoms. The average Bonchev–Trinajstić information content (AvgIpc) is 2.45. The lowest BCUT2D eigenvalue weighted by molar-refractivity contribution is 0.363. The fourth-order valence-electron chi connectivity index (χ4n) is 1.93. The second-order valence-corrected chi connectivity index (χ2v) is 4.35. The number of hydrogen-bond donors (Lipinski definition) is 1. The number of hydrogen-bond acceptors (Lipinski definition) is 2. The molecule has 1 aliphatic heterocycles. The largest absolute Gasteiger partial charge is 0.490 e. The van der Waals surface area contributed by atoms with Gasteiger partial charge in [0.15, 0.2) is 0 Å². The summed E-state index contributed by atoms with van der Waals surface area (Å²) in [4.78, 5) is 0. The number of allylic oxidation sites excluding steroid dienone is 2. The molecule has 1 N–H and O–H groups in total. The van der Waals surface area contributed by atoms with E-state index >= 15 is 0 Å². The summed E-state index contributed by atoms with van der Waals surface area (Å²) in [5.41, 5.74) is 3.03. The zero-order valence-corrected chi connectivity index (χ0v) is 10.9. The molecule has 1 atom stereocenters. The van der Waals surface area contributed by atoms with Crippen LogP contribution in [0.3, 0.4) is 0 Å². The van der Waals surface area contributed by atoms with Crippen LogP contribution in [0.2, 0.25) is 0 Å². The van der Waals surface area contributed by atoms with Crippen molar-refractivity contribution in [3.05, 3.63) is 60.8 Å². The summed E-state index contributed by atoms with van der Waals surface area (Å²) in [6, 6.07) is 7.91. The third-order valence-corrected chi connectivity index (χ3v) is 3.01. The molecule has 96 valence electrons. The van der Waals surface area contributed by atoms with E-state index in [0.717, 1.165) is 29.1 Å². The third-order valence-electron chi connectivity index (χ3n) is 3.01. The van der Waals surface area contributed by atoms with Crippen molar-refractivity contribution in [3.8, 4) is 18.1 Å². The number of ether oxygens (including phenoxy) is 1. The van der Waals surface area contributed by atoms with Crippen LogP contribution in [0, 0.1) is 18.3 Å². The van der Waals surface area contributed by atoms with Gasteiger partial charge in [0, 0.05) is 11.4 Å². The maximum Gasteiger partial charge on any atom is 0.119 e. The van der Waals surface area contributed by atoms with Crippen LogP contribution in [0.1, 0.15) is 12.0 Å². The predicted octanol–water partition coefficient (Wildman–Crippen LogP) is 3.35. The van der Waals surface area contributed by atoms with Gasteiger partial charge in [0.25, 0.3) is 0 Å². The van der Waals surface area contributed by atoms with Gasteiger partial charge in [0.1, 0.15) is 12.4 Å². The molecule has 0 bridgehead atoms.